The lowest BCUT2D eigenvalue weighted by Gasteiger charge is -2.16. The number of benzene rings is 4. The van der Waals surface area contributed by atoms with E-state index in [1.165, 1.54) is 0 Å². The second-order valence-corrected chi connectivity index (χ2v) is 8.50. The Morgan fingerprint density at radius 3 is 1.08 bits per heavy atom. The highest BCUT2D eigenvalue weighted by molar-refractivity contribution is 5.48. The van der Waals surface area contributed by atoms with Gasteiger partial charge >= 0.3 is 0 Å². The van der Waals surface area contributed by atoms with Crippen LogP contribution in [0.3, 0.4) is 0 Å². The van der Waals surface area contributed by atoms with Crippen LogP contribution in [0.2, 0.25) is 0 Å². The Kier molecular flexibility index (Phi) is 7.31. The van der Waals surface area contributed by atoms with E-state index in [0.717, 1.165) is 11.1 Å². The largest absolute Gasteiger partial charge is 0.497 e. The van der Waals surface area contributed by atoms with Crippen LogP contribution in [0.5, 0.6) is 57.5 Å². The minimum absolute atomic E-state index is 0.260. The van der Waals surface area contributed by atoms with Crippen molar-refractivity contribution < 1.29 is 37.9 Å². The van der Waals surface area contributed by atoms with Gasteiger partial charge in [-0.05, 0) is 35.4 Å². The molecule has 8 bridgehead atoms. The Morgan fingerprint density at radius 2 is 0.711 bits per heavy atom. The van der Waals surface area contributed by atoms with Gasteiger partial charge in [0.1, 0.15) is 70.7 Å². The van der Waals surface area contributed by atoms with Crippen molar-refractivity contribution in [2.75, 3.05) is 28.4 Å². The van der Waals surface area contributed by atoms with Crippen molar-refractivity contribution >= 4 is 0 Å². The molecule has 0 aromatic heterocycles. The predicted octanol–water partition coefficient (Wildman–Crippen LogP) is 6.78. The van der Waals surface area contributed by atoms with Crippen LogP contribution in [0, 0.1) is 0 Å². The van der Waals surface area contributed by atoms with Crippen LogP contribution >= 0.6 is 0 Å². The van der Waals surface area contributed by atoms with E-state index < -0.39 is 0 Å². The van der Waals surface area contributed by atoms with Crippen LogP contribution in [0.15, 0.2) is 72.8 Å². The van der Waals surface area contributed by atoms with E-state index in [4.69, 9.17) is 37.9 Å². The molecule has 0 aliphatic carbocycles. The van der Waals surface area contributed by atoms with E-state index in [2.05, 4.69) is 0 Å². The fourth-order valence-corrected chi connectivity index (χ4v) is 4.00. The first-order valence-electron chi connectivity index (χ1n) is 11.9. The molecule has 196 valence electrons. The smallest absolute Gasteiger partial charge is 0.134 e. The average Bonchev–Trinajstić information content (AvgIpc) is 2.94. The van der Waals surface area contributed by atoms with Crippen LogP contribution in [0.25, 0.3) is 0 Å². The molecule has 0 saturated carbocycles. The van der Waals surface area contributed by atoms with Gasteiger partial charge in [0.15, 0.2) is 0 Å². The molecule has 38 heavy (non-hydrogen) atoms. The van der Waals surface area contributed by atoms with Gasteiger partial charge in [0, 0.05) is 48.5 Å². The van der Waals surface area contributed by atoms with Crippen LogP contribution in [-0.2, 0) is 13.2 Å². The van der Waals surface area contributed by atoms with E-state index in [0.29, 0.717) is 57.5 Å². The molecule has 8 nitrogen and oxygen atoms in total. The minimum Gasteiger partial charge on any atom is -0.497 e. The fourth-order valence-electron chi connectivity index (χ4n) is 4.00. The van der Waals surface area contributed by atoms with Gasteiger partial charge in [0.25, 0.3) is 0 Å². The van der Waals surface area contributed by atoms with Gasteiger partial charge in [-0.1, -0.05) is 0 Å². The maximum absolute atomic E-state index is 6.19. The summed E-state index contributed by atoms with van der Waals surface area (Å²) in [6, 6.07) is 21.9. The van der Waals surface area contributed by atoms with Crippen molar-refractivity contribution in [3.8, 4) is 57.5 Å². The summed E-state index contributed by atoms with van der Waals surface area (Å²) in [7, 11) is 6.40. The molecule has 0 amide bonds. The van der Waals surface area contributed by atoms with Crippen LogP contribution in [0.4, 0.5) is 0 Å². The Hall–Kier alpha value is -4.72. The van der Waals surface area contributed by atoms with Crippen molar-refractivity contribution in [1.82, 2.24) is 0 Å². The summed E-state index contributed by atoms with van der Waals surface area (Å²) in [4.78, 5) is 0. The second-order valence-electron chi connectivity index (χ2n) is 8.50. The summed E-state index contributed by atoms with van der Waals surface area (Å²) in [5, 5.41) is 0. The summed E-state index contributed by atoms with van der Waals surface area (Å²) in [5.74, 6) is 5.88. The SMILES string of the molecule is COc1cc2cc(c1)Oc1cc(OC)cc(c1)OCc1cc(OC)cc(c1)Oc1cc(OC)cc(c1)OC2. The average molecular weight is 517 g/mol. The first-order chi connectivity index (χ1) is 18.5. The maximum atomic E-state index is 6.19. The predicted molar refractivity (Wildman–Crippen MR) is 141 cm³/mol. The molecule has 0 N–H and O–H groups in total. The number of ether oxygens (including phenoxy) is 8. The standard InChI is InChI=1S/C30H28O8/c1-31-21-5-19-7-27(11-21)37-29-13-23(33-3)10-26(15-29)36-18-20-6-22(32-2)12-28(8-20)38-30-14-24(34-4)9-25(16-30)35-17-19/h5-16H,17-18H2,1-4H3. The minimum atomic E-state index is 0.260. The van der Waals surface area contributed by atoms with Crippen molar-refractivity contribution in [1.29, 1.82) is 0 Å². The Labute approximate surface area is 221 Å². The molecular formula is C30H28O8. The lowest BCUT2D eigenvalue weighted by atomic mass is 10.2. The molecule has 0 fully saturated rings. The quantitative estimate of drug-likeness (QED) is 0.294. The third-order valence-electron chi connectivity index (χ3n) is 5.81. The highest BCUT2D eigenvalue weighted by Gasteiger charge is 2.12. The summed E-state index contributed by atoms with van der Waals surface area (Å²) in [6.45, 7) is 0.520. The molecule has 0 saturated heterocycles. The number of hydrogen-bond acceptors (Lipinski definition) is 8. The molecule has 1 aliphatic rings. The van der Waals surface area contributed by atoms with E-state index in [1.54, 1.807) is 77.0 Å². The third kappa shape index (κ3) is 5.98. The van der Waals surface area contributed by atoms with E-state index in [-0.39, 0.29) is 13.2 Å². The topological polar surface area (TPSA) is 73.8 Å². The normalized spacial score (nSPS) is 12.3. The fraction of sp³-hybridized carbons (Fsp3) is 0.200. The van der Waals surface area contributed by atoms with Gasteiger partial charge in [-0.25, -0.2) is 0 Å². The molecule has 0 spiro atoms. The third-order valence-corrected chi connectivity index (χ3v) is 5.81. The lowest BCUT2D eigenvalue weighted by molar-refractivity contribution is 0.297. The summed E-state index contributed by atoms with van der Waals surface area (Å²) < 4.78 is 46.6. The van der Waals surface area contributed by atoms with E-state index in [1.807, 2.05) is 24.3 Å². The zero-order chi connectivity index (χ0) is 26.5. The van der Waals surface area contributed by atoms with Crippen LogP contribution in [-0.4, -0.2) is 28.4 Å². The Morgan fingerprint density at radius 1 is 0.395 bits per heavy atom. The molecule has 0 unspecified atom stereocenters. The Bertz CT molecular complexity index is 1220. The lowest BCUT2D eigenvalue weighted by Crippen LogP contribution is -2.00. The van der Waals surface area contributed by atoms with Crippen molar-refractivity contribution in [2.24, 2.45) is 0 Å². The zero-order valence-electron chi connectivity index (χ0n) is 21.6. The van der Waals surface area contributed by atoms with E-state index >= 15 is 0 Å². The van der Waals surface area contributed by atoms with Gasteiger partial charge in [-0.15, -0.1) is 0 Å². The molecule has 4 aromatic rings. The Balaban J connectivity index is 1.59. The van der Waals surface area contributed by atoms with Crippen molar-refractivity contribution in [3.63, 3.8) is 0 Å². The number of rotatable bonds is 4. The molecule has 1 aliphatic heterocycles. The molecule has 8 heteroatoms. The highest BCUT2D eigenvalue weighted by Crippen LogP contribution is 2.36. The summed E-state index contributed by atoms with van der Waals surface area (Å²) >= 11 is 0. The molecular weight excluding hydrogens is 488 g/mol. The molecule has 1 heterocycles. The molecule has 4 aromatic carbocycles. The summed E-state index contributed by atoms with van der Waals surface area (Å²) in [5.41, 5.74) is 1.70. The van der Waals surface area contributed by atoms with Gasteiger partial charge in [0.2, 0.25) is 0 Å². The monoisotopic (exact) mass is 516 g/mol. The number of hydrogen-bond donors (Lipinski definition) is 0. The van der Waals surface area contributed by atoms with Gasteiger partial charge < -0.3 is 37.9 Å². The molecule has 0 atom stereocenters. The van der Waals surface area contributed by atoms with Crippen molar-refractivity contribution in [2.45, 2.75) is 13.2 Å². The number of methoxy groups -OCH3 is 4. The van der Waals surface area contributed by atoms with Gasteiger partial charge in [-0.3, -0.25) is 0 Å². The van der Waals surface area contributed by atoms with Crippen molar-refractivity contribution in [3.05, 3.63) is 83.9 Å². The summed E-state index contributed by atoms with van der Waals surface area (Å²) in [6.07, 6.45) is 0. The van der Waals surface area contributed by atoms with Crippen LogP contribution < -0.4 is 37.9 Å². The van der Waals surface area contributed by atoms with Gasteiger partial charge in [0.05, 0.1) is 28.4 Å². The zero-order valence-corrected chi connectivity index (χ0v) is 21.6. The van der Waals surface area contributed by atoms with Gasteiger partial charge in [-0.2, -0.15) is 0 Å². The highest BCUT2D eigenvalue weighted by atomic mass is 16.5. The second kappa shape index (κ2) is 11.1. The van der Waals surface area contributed by atoms with E-state index in [9.17, 15) is 0 Å². The maximum Gasteiger partial charge on any atom is 0.134 e. The first kappa shape index (κ1) is 25.0. The molecule has 0 radical (unpaired) electrons. The number of fused-ring (bicyclic) bond motifs is 8. The van der Waals surface area contributed by atoms with Crippen LogP contribution in [0.1, 0.15) is 11.1 Å². The molecule has 5 rings (SSSR count). The first-order valence-corrected chi connectivity index (χ1v) is 11.9.